The van der Waals surface area contributed by atoms with E-state index >= 15 is 0 Å². The monoisotopic (exact) mass is 195 g/mol. The zero-order valence-corrected chi connectivity index (χ0v) is 9.10. The van der Waals surface area contributed by atoms with E-state index in [1.807, 2.05) is 12.1 Å². The van der Waals surface area contributed by atoms with Crippen LogP contribution in [-0.4, -0.2) is 13.1 Å². The van der Waals surface area contributed by atoms with Crippen molar-refractivity contribution in [2.45, 2.75) is 26.2 Å². The second-order valence-electron chi connectivity index (χ2n) is 4.17. The molecule has 0 atom stereocenters. The maximum atomic E-state index is 12.7. The maximum absolute atomic E-state index is 12.7. The third kappa shape index (κ3) is 2.81. The molecule has 1 nitrogen and oxygen atoms in total. The van der Waals surface area contributed by atoms with Crippen LogP contribution in [0.5, 0.6) is 0 Å². The average molecular weight is 195 g/mol. The maximum Gasteiger partial charge on any atom is 0.123 e. The highest BCUT2D eigenvalue weighted by atomic mass is 19.1. The van der Waals surface area contributed by atoms with Crippen LogP contribution in [0.2, 0.25) is 0 Å². The number of likely N-dealkylation sites (N-methyl/N-ethyl adjacent to an activating group) is 1. The summed E-state index contributed by atoms with van der Waals surface area (Å²) in [6.07, 6.45) is 0. The van der Waals surface area contributed by atoms with Gasteiger partial charge in [-0.1, -0.05) is 32.9 Å². The van der Waals surface area contributed by atoms with Crippen LogP contribution in [0.25, 0.3) is 0 Å². The molecular formula is C12H18FN. The van der Waals surface area contributed by atoms with E-state index in [0.717, 1.165) is 13.1 Å². The van der Waals surface area contributed by atoms with Crippen molar-refractivity contribution in [3.05, 3.63) is 35.6 Å². The highest BCUT2D eigenvalue weighted by molar-refractivity contribution is 5.24. The summed E-state index contributed by atoms with van der Waals surface area (Å²) in [7, 11) is 0. The molecule has 14 heavy (non-hydrogen) atoms. The molecule has 0 unspecified atom stereocenters. The second kappa shape index (κ2) is 4.56. The molecule has 78 valence electrons. The summed E-state index contributed by atoms with van der Waals surface area (Å²) in [6.45, 7) is 8.27. The van der Waals surface area contributed by atoms with Crippen molar-refractivity contribution < 1.29 is 4.39 Å². The summed E-state index contributed by atoms with van der Waals surface area (Å²) in [6, 6.07) is 6.74. The Morgan fingerprint density at radius 3 is 2.29 bits per heavy atom. The van der Waals surface area contributed by atoms with E-state index in [-0.39, 0.29) is 11.2 Å². The largest absolute Gasteiger partial charge is 0.316 e. The van der Waals surface area contributed by atoms with Gasteiger partial charge < -0.3 is 5.32 Å². The third-order valence-electron chi connectivity index (χ3n) is 2.44. The molecule has 0 saturated heterocycles. The first-order valence-corrected chi connectivity index (χ1v) is 5.03. The topological polar surface area (TPSA) is 12.0 Å². The average Bonchev–Trinajstić information content (AvgIpc) is 2.16. The molecule has 0 radical (unpaired) electrons. The molecule has 0 saturated carbocycles. The van der Waals surface area contributed by atoms with E-state index in [1.54, 1.807) is 0 Å². The van der Waals surface area contributed by atoms with E-state index in [2.05, 4.69) is 26.1 Å². The van der Waals surface area contributed by atoms with Crippen LogP contribution < -0.4 is 5.32 Å². The highest BCUT2D eigenvalue weighted by Crippen LogP contribution is 2.22. The molecule has 1 aromatic carbocycles. The van der Waals surface area contributed by atoms with Crippen molar-refractivity contribution in [2.24, 2.45) is 0 Å². The molecule has 1 rings (SSSR count). The van der Waals surface area contributed by atoms with Gasteiger partial charge in [-0.15, -0.1) is 0 Å². The molecule has 0 bridgehead atoms. The molecule has 1 aromatic rings. The Hall–Kier alpha value is -0.890. The minimum absolute atomic E-state index is 0.0592. The van der Waals surface area contributed by atoms with Crippen molar-refractivity contribution in [2.75, 3.05) is 13.1 Å². The lowest BCUT2D eigenvalue weighted by Gasteiger charge is -2.25. The Balaban J connectivity index is 2.75. The van der Waals surface area contributed by atoms with E-state index < -0.39 is 0 Å². The third-order valence-corrected chi connectivity index (χ3v) is 2.44. The standard InChI is InChI=1S/C12H18FN/c1-4-14-9-12(2,3)10-5-7-11(13)8-6-10/h5-8,14H,4,9H2,1-3H3. The van der Waals surface area contributed by atoms with Gasteiger partial charge in [0.15, 0.2) is 0 Å². The van der Waals surface area contributed by atoms with Crippen LogP contribution in [0, 0.1) is 5.82 Å². The van der Waals surface area contributed by atoms with Crippen LogP contribution in [-0.2, 0) is 5.41 Å². The van der Waals surface area contributed by atoms with Crippen molar-refractivity contribution in [1.82, 2.24) is 5.32 Å². The minimum Gasteiger partial charge on any atom is -0.316 e. The van der Waals surface area contributed by atoms with Gasteiger partial charge in [0, 0.05) is 12.0 Å². The van der Waals surface area contributed by atoms with E-state index in [0.29, 0.717) is 0 Å². The number of benzene rings is 1. The lowest BCUT2D eigenvalue weighted by molar-refractivity contribution is 0.476. The molecule has 0 amide bonds. The Morgan fingerprint density at radius 1 is 1.21 bits per heavy atom. The molecule has 0 spiro atoms. The normalized spacial score (nSPS) is 11.7. The first kappa shape index (κ1) is 11.2. The summed E-state index contributed by atoms with van der Waals surface area (Å²) in [4.78, 5) is 0. The van der Waals surface area contributed by atoms with Gasteiger partial charge in [-0.2, -0.15) is 0 Å². The molecule has 0 aliphatic heterocycles. The van der Waals surface area contributed by atoms with Gasteiger partial charge in [0.05, 0.1) is 0 Å². The predicted molar refractivity (Wildman–Crippen MR) is 58.0 cm³/mol. The highest BCUT2D eigenvalue weighted by Gasteiger charge is 2.19. The van der Waals surface area contributed by atoms with Crippen molar-refractivity contribution in [1.29, 1.82) is 0 Å². The zero-order valence-electron chi connectivity index (χ0n) is 9.10. The molecule has 0 aromatic heterocycles. The number of halogens is 1. The first-order valence-electron chi connectivity index (χ1n) is 5.03. The van der Waals surface area contributed by atoms with Gasteiger partial charge in [0.2, 0.25) is 0 Å². The van der Waals surface area contributed by atoms with E-state index in [4.69, 9.17) is 0 Å². The van der Waals surface area contributed by atoms with Gasteiger partial charge in [0.1, 0.15) is 5.82 Å². The number of hydrogen-bond acceptors (Lipinski definition) is 1. The second-order valence-corrected chi connectivity index (χ2v) is 4.17. The summed E-state index contributed by atoms with van der Waals surface area (Å²) in [5.74, 6) is -0.173. The molecule has 0 heterocycles. The van der Waals surface area contributed by atoms with E-state index in [9.17, 15) is 4.39 Å². The Labute approximate surface area is 85.3 Å². The van der Waals surface area contributed by atoms with Crippen LogP contribution >= 0.6 is 0 Å². The van der Waals surface area contributed by atoms with Gasteiger partial charge in [-0.3, -0.25) is 0 Å². The Bertz CT molecular complexity index is 277. The number of nitrogens with one attached hydrogen (secondary N) is 1. The number of rotatable bonds is 4. The van der Waals surface area contributed by atoms with Crippen LogP contribution in [0.3, 0.4) is 0 Å². The van der Waals surface area contributed by atoms with Crippen LogP contribution in [0.1, 0.15) is 26.3 Å². The SMILES string of the molecule is CCNCC(C)(C)c1ccc(F)cc1. The van der Waals surface area contributed by atoms with Gasteiger partial charge in [-0.05, 0) is 24.2 Å². The molecular weight excluding hydrogens is 177 g/mol. The fourth-order valence-electron chi connectivity index (χ4n) is 1.44. The number of hydrogen-bond donors (Lipinski definition) is 1. The first-order chi connectivity index (χ1) is 6.56. The Morgan fingerprint density at radius 2 is 1.79 bits per heavy atom. The molecule has 2 heteroatoms. The van der Waals surface area contributed by atoms with Crippen molar-refractivity contribution >= 4 is 0 Å². The summed E-state index contributed by atoms with van der Waals surface area (Å²) in [5.41, 5.74) is 1.23. The smallest absolute Gasteiger partial charge is 0.123 e. The van der Waals surface area contributed by atoms with Crippen molar-refractivity contribution in [3.8, 4) is 0 Å². The molecule has 1 N–H and O–H groups in total. The van der Waals surface area contributed by atoms with Gasteiger partial charge in [-0.25, -0.2) is 4.39 Å². The van der Waals surface area contributed by atoms with E-state index in [1.165, 1.54) is 17.7 Å². The predicted octanol–water partition coefficient (Wildman–Crippen LogP) is 2.71. The summed E-state index contributed by atoms with van der Waals surface area (Å²) >= 11 is 0. The van der Waals surface area contributed by atoms with Gasteiger partial charge in [0.25, 0.3) is 0 Å². The fourth-order valence-corrected chi connectivity index (χ4v) is 1.44. The zero-order chi connectivity index (χ0) is 10.6. The fraction of sp³-hybridized carbons (Fsp3) is 0.500. The Kier molecular flexibility index (Phi) is 3.64. The quantitative estimate of drug-likeness (QED) is 0.779. The molecule has 0 fully saturated rings. The minimum atomic E-state index is -0.173. The van der Waals surface area contributed by atoms with Gasteiger partial charge >= 0.3 is 0 Å². The molecule has 0 aliphatic carbocycles. The lowest BCUT2D eigenvalue weighted by atomic mass is 9.84. The van der Waals surface area contributed by atoms with Crippen LogP contribution in [0.4, 0.5) is 4.39 Å². The van der Waals surface area contributed by atoms with Crippen LogP contribution in [0.15, 0.2) is 24.3 Å². The lowest BCUT2D eigenvalue weighted by Crippen LogP contribution is -2.32. The molecule has 0 aliphatic rings. The summed E-state index contributed by atoms with van der Waals surface area (Å²) in [5, 5.41) is 3.31. The van der Waals surface area contributed by atoms with Crippen molar-refractivity contribution in [3.63, 3.8) is 0 Å². The summed E-state index contributed by atoms with van der Waals surface area (Å²) < 4.78 is 12.7.